The molecule has 0 unspecified atom stereocenters. The maximum absolute atomic E-state index is 6.01. The highest BCUT2D eigenvalue weighted by Gasteiger charge is 1.97. The summed E-state index contributed by atoms with van der Waals surface area (Å²) >= 11 is 9.73. The lowest BCUT2D eigenvalue weighted by molar-refractivity contribution is 1.22. The van der Waals surface area contributed by atoms with E-state index < -0.39 is 0 Å². The fourth-order valence-corrected chi connectivity index (χ4v) is 2.32. The molecule has 0 saturated carbocycles. The van der Waals surface area contributed by atoms with Gasteiger partial charge in [0.15, 0.2) is 0 Å². The Kier molecular flexibility index (Phi) is 4.36. The highest BCUT2D eigenvalue weighted by Crippen LogP contribution is 2.19. The van der Waals surface area contributed by atoms with Gasteiger partial charge in [-0.1, -0.05) is 17.7 Å². The first-order chi connectivity index (χ1) is 8.15. The summed E-state index contributed by atoms with van der Waals surface area (Å²) in [5.41, 5.74) is 4.83. The van der Waals surface area contributed by atoms with Gasteiger partial charge in [-0.25, -0.2) is 4.98 Å². The van der Waals surface area contributed by atoms with Crippen molar-refractivity contribution >= 4 is 56.9 Å². The van der Waals surface area contributed by atoms with Crippen LogP contribution in [-0.4, -0.2) is 11.2 Å². The Labute approximate surface area is 122 Å². The van der Waals surface area contributed by atoms with Crippen LogP contribution in [0.15, 0.2) is 28.7 Å². The summed E-state index contributed by atoms with van der Waals surface area (Å²) in [4.78, 5) is 4.24. The first-order valence-electron chi connectivity index (χ1n) is 4.81. The van der Waals surface area contributed by atoms with Crippen molar-refractivity contribution in [1.82, 2.24) is 4.98 Å². The predicted octanol–water partition coefficient (Wildman–Crippen LogP) is 4.16. The molecule has 0 aliphatic rings. The molecule has 6 heteroatoms. The lowest BCUT2D eigenvalue weighted by atomic mass is 10.2. The van der Waals surface area contributed by atoms with Crippen molar-refractivity contribution < 1.29 is 0 Å². The Hall–Kier alpha value is -0.660. The standard InChI is InChI=1S/C11H9ClIN3S/c1-7-6-17-11(15-7)16-14-5-8-2-3-10(13)9(12)4-8/h2-6H,1H3,(H,15,16). The maximum Gasteiger partial charge on any atom is 0.203 e. The number of aromatic nitrogens is 1. The van der Waals surface area contributed by atoms with E-state index in [9.17, 15) is 0 Å². The summed E-state index contributed by atoms with van der Waals surface area (Å²) in [6, 6.07) is 5.80. The van der Waals surface area contributed by atoms with E-state index in [0.29, 0.717) is 0 Å². The van der Waals surface area contributed by atoms with Gasteiger partial charge in [0, 0.05) is 8.95 Å². The molecule has 1 aromatic carbocycles. The molecule has 17 heavy (non-hydrogen) atoms. The number of halogens is 2. The number of rotatable bonds is 3. The number of nitrogens with zero attached hydrogens (tertiary/aromatic N) is 2. The Morgan fingerprint density at radius 1 is 1.53 bits per heavy atom. The maximum atomic E-state index is 6.01. The molecule has 0 saturated heterocycles. The van der Waals surface area contributed by atoms with E-state index in [4.69, 9.17) is 11.6 Å². The van der Waals surface area contributed by atoms with E-state index in [0.717, 1.165) is 25.0 Å². The molecule has 0 fully saturated rings. The highest BCUT2D eigenvalue weighted by molar-refractivity contribution is 14.1. The fraction of sp³-hybridized carbons (Fsp3) is 0.0909. The van der Waals surface area contributed by atoms with E-state index in [2.05, 4.69) is 38.1 Å². The molecule has 1 aromatic heterocycles. The predicted molar refractivity (Wildman–Crippen MR) is 82.2 cm³/mol. The minimum Gasteiger partial charge on any atom is -0.253 e. The Bertz CT molecular complexity index is 553. The second-order valence-corrected chi connectivity index (χ2v) is 5.77. The summed E-state index contributed by atoms with van der Waals surface area (Å²) in [5, 5.41) is 7.60. The number of hydrazone groups is 1. The van der Waals surface area contributed by atoms with Crippen LogP contribution >= 0.6 is 45.5 Å². The van der Waals surface area contributed by atoms with Crippen LogP contribution in [-0.2, 0) is 0 Å². The number of benzene rings is 1. The number of hydrogen-bond donors (Lipinski definition) is 1. The van der Waals surface area contributed by atoms with E-state index in [1.807, 2.05) is 30.5 Å². The second kappa shape index (κ2) is 5.79. The summed E-state index contributed by atoms with van der Waals surface area (Å²) in [6.45, 7) is 1.95. The molecule has 2 aromatic rings. The van der Waals surface area contributed by atoms with Crippen molar-refractivity contribution in [2.24, 2.45) is 5.10 Å². The number of aryl methyl sites for hydroxylation is 1. The zero-order valence-corrected chi connectivity index (χ0v) is 12.7. The largest absolute Gasteiger partial charge is 0.253 e. The molecule has 0 atom stereocenters. The molecule has 3 nitrogen and oxygen atoms in total. The summed E-state index contributed by atoms with van der Waals surface area (Å²) in [6.07, 6.45) is 1.72. The Morgan fingerprint density at radius 3 is 3.00 bits per heavy atom. The van der Waals surface area contributed by atoms with Crippen LogP contribution in [0, 0.1) is 10.5 Å². The van der Waals surface area contributed by atoms with Crippen molar-refractivity contribution in [1.29, 1.82) is 0 Å². The molecular weight excluding hydrogens is 369 g/mol. The van der Waals surface area contributed by atoms with Gasteiger partial charge in [0.1, 0.15) is 0 Å². The molecule has 1 N–H and O–H groups in total. The van der Waals surface area contributed by atoms with Crippen molar-refractivity contribution in [3.05, 3.63) is 43.4 Å². The molecule has 0 aliphatic heterocycles. The van der Waals surface area contributed by atoms with Crippen LogP contribution in [0.4, 0.5) is 5.13 Å². The van der Waals surface area contributed by atoms with Crippen LogP contribution in [0.25, 0.3) is 0 Å². The number of hydrogen-bond acceptors (Lipinski definition) is 4. The lowest BCUT2D eigenvalue weighted by Crippen LogP contribution is -1.90. The molecule has 88 valence electrons. The van der Waals surface area contributed by atoms with Gasteiger partial charge in [0.2, 0.25) is 5.13 Å². The normalized spacial score (nSPS) is 11.0. The zero-order valence-electron chi connectivity index (χ0n) is 8.95. The highest BCUT2D eigenvalue weighted by atomic mass is 127. The smallest absolute Gasteiger partial charge is 0.203 e. The van der Waals surface area contributed by atoms with E-state index in [1.165, 1.54) is 11.3 Å². The molecule has 0 bridgehead atoms. The van der Waals surface area contributed by atoms with Crippen LogP contribution in [0.2, 0.25) is 5.02 Å². The third-order valence-electron chi connectivity index (χ3n) is 1.94. The van der Waals surface area contributed by atoms with Crippen molar-refractivity contribution in [2.75, 3.05) is 5.43 Å². The first kappa shape index (κ1) is 12.8. The summed E-state index contributed by atoms with van der Waals surface area (Å²) < 4.78 is 1.03. The molecule has 0 radical (unpaired) electrons. The SMILES string of the molecule is Cc1csc(NN=Cc2ccc(I)c(Cl)c2)n1. The van der Waals surface area contributed by atoms with Gasteiger partial charge < -0.3 is 0 Å². The Balaban J connectivity index is 2.03. The van der Waals surface area contributed by atoms with Gasteiger partial charge in [-0.3, -0.25) is 5.43 Å². The van der Waals surface area contributed by atoms with E-state index >= 15 is 0 Å². The van der Waals surface area contributed by atoms with E-state index in [-0.39, 0.29) is 0 Å². The topological polar surface area (TPSA) is 37.3 Å². The zero-order chi connectivity index (χ0) is 12.3. The van der Waals surface area contributed by atoms with Crippen molar-refractivity contribution in [3.8, 4) is 0 Å². The Morgan fingerprint density at radius 2 is 2.35 bits per heavy atom. The molecular formula is C11H9ClIN3S. The van der Waals surface area contributed by atoms with Crippen LogP contribution in [0.3, 0.4) is 0 Å². The lowest BCUT2D eigenvalue weighted by Gasteiger charge is -1.97. The molecule has 1 heterocycles. The quantitative estimate of drug-likeness (QED) is 0.495. The third-order valence-corrected chi connectivity index (χ3v) is 4.37. The van der Waals surface area contributed by atoms with Crippen LogP contribution < -0.4 is 5.43 Å². The number of nitrogens with one attached hydrogen (secondary N) is 1. The van der Waals surface area contributed by atoms with Gasteiger partial charge in [-0.15, -0.1) is 11.3 Å². The minimum atomic E-state index is 0.736. The van der Waals surface area contributed by atoms with Gasteiger partial charge in [-0.2, -0.15) is 5.10 Å². The molecule has 0 spiro atoms. The summed E-state index contributed by atoms with van der Waals surface area (Å²) in [5.74, 6) is 0. The summed E-state index contributed by atoms with van der Waals surface area (Å²) in [7, 11) is 0. The van der Waals surface area contributed by atoms with Crippen LogP contribution in [0.5, 0.6) is 0 Å². The van der Waals surface area contributed by atoms with Gasteiger partial charge in [0.25, 0.3) is 0 Å². The third kappa shape index (κ3) is 3.65. The molecule has 0 amide bonds. The second-order valence-electron chi connectivity index (χ2n) is 3.34. The molecule has 2 rings (SSSR count). The van der Waals surface area contributed by atoms with Gasteiger partial charge in [0.05, 0.1) is 16.9 Å². The van der Waals surface area contributed by atoms with Crippen molar-refractivity contribution in [2.45, 2.75) is 6.92 Å². The van der Waals surface area contributed by atoms with Crippen molar-refractivity contribution in [3.63, 3.8) is 0 Å². The number of anilines is 1. The minimum absolute atomic E-state index is 0.736. The van der Waals surface area contributed by atoms with Gasteiger partial charge in [-0.05, 0) is 47.2 Å². The van der Waals surface area contributed by atoms with Crippen LogP contribution in [0.1, 0.15) is 11.3 Å². The average molecular weight is 378 g/mol. The monoisotopic (exact) mass is 377 g/mol. The average Bonchev–Trinajstić information content (AvgIpc) is 2.70. The van der Waals surface area contributed by atoms with E-state index in [1.54, 1.807) is 6.21 Å². The number of thiazole rings is 1. The first-order valence-corrected chi connectivity index (χ1v) is 7.15. The fourth-order valence-electron chi connectivity index (χ4n) is 1.16. The molecule has 0 aliphatic carbocycles. The van der Waals surface area contributed by atoms with Gasteiger partial charge >= 0.3 is 0 Å².